The monoisotopic (exact) mass is 264 g/mol. The van der Waals surface area contributed by atoms with Crippen LogP contribution in [0.5, 0.6) is 5.75 Å². The first-order valence-electron chi connectivity index (χ1n) is 5.46. The molecule has 2 aromatic carbocycles. The molecule has 0 aliphatic heterocycles. The second-order valence-electron chi connectivity index (χ2n) is 3.86. The Hall–Kier alpha value is -2.43. The first-order valence-corrected chi connectivity index (χ1v) is 5.46. The lowest BCUT2D eigenvalue weighted by molar-refractivity contribution is 0.0692. The molecule has 0 amide bonds. The third kappa shape index (κ3) is 3.28. The summed E-state index contributed by atoms with van der Waals surface area (Å²) in [5, 5.41) is 8.67. The standard InChI is InChI=1S/C14H10F2O3/c15-10-3-1-9(2-4-10)8-19-11-5-6-12(14(17)18)13(16)7-11/h1-7H,8H2,(H,17,18). The van der Waals surface area contributed by atoms with Crippen LogP contribution in [0.25, 0.3) is 0 Å². The van der Waals surface area contributed by atoms with Gasteiger partial charge in [-0.05, 0) is 29.8 Å². The van der Waals surface area contributed by atoms with Crippen LogP contribution in [0, 0.1) is 11.6 Å². The van der Waals surface area contributed by atoms with E-state index >= 15 is 0 Å². The summed E-state index contributed by atoms with van der Waals surface area (Å²) in [4.78, 5) is 10.6. The van der Waals surface area contributed by atoms with Gasteiger partial charge in [-0.3, -0.25) is 0 Å². The quantitative estimate of drug-likeness (QED) is 0.922. The lowest BCUT2D eigenvalue weighted by Gasteiger charge is -2.07. The zero-order valence-electron chi connectivity index (χ0n) is 9.77. The maximum atomic E-state index is 13.4. The largest absolute Gasteiger partial charge is 0.489 e. The summed E-state index contributed by atoms with van der Waals surface area (Å²) in [6.45, 7) is 0.145. The van der Waals surface area contributed by atoms with Crippen molar-refractivity contribution in [1.82, 2.24) is 0 Å². The van der Waals surface area contributed by atoms with Crippen LogP contribution in [0.15, 0.2) is 42.5 Å². The predicted octanol–water partition coefficient (Wildman–Crippen LogP) is 3.24. The molecule has 0 fully saturated rings. The van der Waals surface area contributed by atoms with Crippen LogP contribution >= 0.6 is 0 Å². The van der Waals surface area contributed by atoms with Crippen molar-refractivity contribution in [3.63, 3.8) is 0 Å². The maximum Gasteiger partial charge on any atom is 0.338 e. The van der Waals surface area contributed by atoms with Gasteiger partial charge < -0.3 is 9.84 Å². The van der Waals surface area contributed by atoms with Gasteiger partial charge in [0.05, 0.1) is 5.56 Å². The van der Waals surface area contributed by atoms with Gasteiger partial charge in [-0.15, -0.1) is 0 Å². The van der Waals surface area contributed by atoms with Crippen LogP contribution in [-0.4, -0.2) is 11.1 Å². The maximum absolute atomic E-state index is 13.4. The summed E-state index contributed by atoms with van der Waals surface area (Å²) < 4.78 is 31.3. The first-order chi connectivity index (χ1) is 9.06. The van der Waals surface area contributed by atoms with E-state index in [1.807, 2.05) is 0 Å². The van der Waals surface area contributed by atoms with Crippen molar-refractivity contribution in [1.29, 1.82) is 0 Å². The SMILES string of the molecule is O=C(O)c1ccc(OCc2ccc(F)cc2)cc1F. The van der Waals surface area contributed by atoms with E-state index in [0.717, 1.165) is 17.7 Å². The second kappa shape index (κ2) is 5.48. The summed E-state index contributed by atoms with van der Waals surface area (Å²) in [6.07, 6.45) is 0. The minimum Gasteiger partial charge on any atom is -0.489 e. The normalized spacial score (nSPS) is 10.2. The van der Waals surface area contributed by atoms with Crippen LogP contribution in [0.4, 0.5) is 8.78 Å². The van der Waals surface area contributed by atoms with Gasteiger partial charge in [-0.25, -0.2) is 13.6 Å². The van der Waals surface area contributed by atoms with Crippen molar-refractivity contribution in [2.75, 3.05) is 0 Å². The number of hydrogen-bond donors (Lipinski definition) is 1. The summed E-state index contributed by atoms with van der Waals surface area (Å²) >= 11 is 0. The number of carbonyl (C=O) groups is 1. The number of carboxylic acid groups (broad SMARTS) is 1. The van der Waals surface area contributed by atoms with Crippen molar-refractivity contribution in [2.24, 2.45) is 0 Å². The van der Waals surface area contributed by atoms with Crippen LogP contribution in [0.3, 0.4) is 0 Å². The van der Waals surface area contributed by atoms with E-state index in [1.54, 1.807) is 12.1 Å². The Balaban J connectivity index is 2.06. The van der Waals surface area contributed by atoms with Crippen LogP contribution < -0.4 is 4.74 Å². The lowest BCUT2D eigenvalue weighted by atomic mass is 10.2. The molecule has 0 unspecified atom stereocenters. The van der Waals surface area contributed by atoms with E-state index in [-0.39, 0.29) is 18.2 Å². The molecular formula is C14H10F2O3. The zero-order chi connectivity index (χ0) is 13.8. The Morgan fingerprint density at radius 2 is 1.79 bits per heavy atom. The Morgan fingerprint density at radius 3 is 2.37 bits per heavy atom. The number of aromatic carboxylic acids is 1. The van der Waals surface area contributed by atoms with Gasteiger partial charge in [0.25, 0.3) is 0 Å². The fourth-order valence-electron chi connectivity index (χ4n) is 1.51. The highest BCUT2D eigenvalue weighted by Gasteiger charge is 2.10. The van der Waals surface area contributed by atoms with Gasteiger partial charge in [0, 0.05) is 6.07 Å². The van der Waals surface area contributed by atoms with Gasteiger partial charge in [0.15, 0.2) is 0 Å². The summed E-state index contributed by atoms with van der Waals surface area (Å²) in [5.41, 5.74) is 0.318. The van der Waals surface area contributed by atoms with E-state index < -0.39 is 17.3 Å². The lowest BCUT2D eigenvalue weighted by Crippen LogP contribution is -2.01. The van der Waals surface area contributed by atoms with Crippen LogP contribution in [0.1, 0.15) is 15.9 Å². The van der Waals surface area contributed by atoms with Gasteiger partial charge in [0.1, 0.15) is 24.0 Å². The smallest absolute Gasteiger partial charge is 0.338 e. The molecule has 0 aliphatic rings. The molecule has 19 heavy (non-hydrogen) atoms. The number of carboxylic acids is 1. The molecule has 0 radical (unpaired) electrons. The molecule has 0 bridgehead atoms. The number of hydrogen-bond acceptors (Lipinski definition) is 2. The number of halogens is 2. The van der Waals surface area contributed by atoms with E-state index in [4.69, 9.17) is 9.84 Å². The van der Waals surface area contributed by atoms with Crippen molar-refractivity contribution in [3.05, 3.63) is 65.2 Å². The van der Waals surface area contributed by atoms with Gasteiger partial charge in [-0.1, -0.05) is 12.1 Å². The average Bonchev–Trinajstić information content (AvgIpc) is 2.37. The molecular weight excluding hydrogens is 254 g/mol. The van der Waals surface area contributed by atoms with Crippen LogP contribution in [-0.2, 0) is 6.61 Å². The molecule has 98 valence electrons. The fourth-order valence-corrected chi connectivity index (χ4v) is 1.51. The Labute approximate surface area is 108 Å². The highest BCUT2D eigenvalue weighted by Crippen LogP contribution is 2.18. The number of benzene rings is 2. The van der Waals surface area contributed by atoms with Crippen molar-refractivity contribution >= 4 is 5.97 Å². The fraction of sp³-hybridized carbons (Fsp3) is 0.0714. The van der Waals surface area contributed by atoms with Crippen molar-refractivity contribution in [3.8, 4) is 5.75 Å². The van der Waals surface area contributed by atoms with Gasteiger partial charge in [0.2, 0.25) is 0 Å². The Kier molecular flexibility index (Phi) is 3.75. The molecule has 0 atom stereocenters. The molecule has 1 N–H and O–H groups in total. The molecule has 0 heterocycles. The average molecular weight is 264 g/mol. The molecule has 0 spiro atoms. The first kappa shape index (κ1) is 13.0. The van der Waals surface area contributed by atoms with E-state index in [1.165, 1.54) is 18.2 Å². The molecule has 5 heteroatoms. The van der Waals surface area contributed by atoms with E-state index in [9.17, 15) is 13.6 Å². The predicted molar refractivity (Wildman–Crippen MR) is 64.1 cm³/mol. The highest BCUT2D eigenvalue weighted by molar-refractivity contribution is 5.88. The summed E-state index contributed by atoms with van der Waals surface area (Å²) in [6, 6.07) is 9.22. The van der Waals surface area contributed by atoms with Gasteiger partial charge in [-0.2, -0.15) is 0 Å². The Morgan fingerprint density at radius 1 is 1.11 bits per heavy atom. The molecule has 0 aliphatic carbocycles. The topological polar surface area (TPSA) is 46.5 Å². The minimum atomic E-state index is -1.33. The van der Waals surface area contributed by atoms with E-state index in [0.29, 0.717) is 0 Å². The third-order valence-electron chi connectivity index (χ3n) is 2.49. The zero-order valence-corrected chi connectivity index (χ0v) is 9.77. The summed E-state index contributed by atoms with van der Waals surface area (Å²) in [7, 11) is 0. The molecule has 3 nitrogen and oxygen atoms in total. The Bertz CT molecular complexity index is 594. The van der Waals surface area contributed by atoms with Crippen LogP contribution in [0.2, 0.25) is 0 Å². The second-order valence-corrected chi connectivity index (χ2v) is 3.86. The number of rotatable bonds is 4. The van der Waals surface area contributed by atoms with Crippen molar-refractivity contribution < 1.29 is 23.4 Å². The number of ether oxygens (including phenoxy) is 1. The summed E-state index contributed by atoms with van der Waals surface area (Å²) in [5.74, 6) is -2.32. The minimum absolute atomic E-state index is 0.145. The molecule has 0 aromatic heterocycles. The van der Waals surface area contributed by atoms with Gasteiger partial charge >= 0.3 is 5.97 Å². The highest BCUT2D eigenvalue weighted by atomic mass is 19.1. The molecule has 2 rings (SSSR count). The van der Waals surface area contributed by atoms with E-state index in [2.05, 4.69) is 0 Å². The molecule has 2 aromatic rings. The molecule has 0 saturated carbocycles. The molecule has 0 saturated heterocycles. The third-order valence-corrected chi connectivity index (χ3v) is 2.49. The van der Waals surface area contributed by atoms with Crippen molar-refractivity contribution in [2.45, 2.75) is 6.61 Å².